The maximum atomic E-state index is 13.2. The molecule has 3 aliphatic heterocycles. The average Bonchev–Trinajstić information content (AvgIpc) is 3.18. The van der Waals surface area contributed by atoms with Crippen LogP contribution in [0.3, 0.4) is 0 Å². The molecule has 28 heavy (non-hydrogen) atoms. The number of benzene rings is 1. The van der Waals surface area contributed by atoms with E-state index in [0.717, 1.165) is 25.0 Å². The van der Waals surface area contributed by atoms with Crippen molar-refractivity contribution < 1.29 is 22.6 Å². The van der Waals surface area contributed by atoms with Crippen molar-refractivity contribution in [3.63, 3.8) is 0 Å². The van der Waals surface area contributed by atoms with E-state index in [2.05, 4.69) is 12.1 Å². The van der Waals surface area contributed by atoms with Gasteiger partial charge < -0.3 is 14.2 Å². The van der Waals surface area contributed by atoms with Crippen molar-refractivity contribution in [3.05, 3.63) is 29.3 Å². The monoisotopic (exact) mass is 410 g/mol. The Hall–Kier alpha value is -1.19. The first kappa shape index (κ1) is 20.1. The highest BCUT2D eigenvalue weighted by molar-refractivity contribution is 7.86. The second-order valence-electron chi connectivity index (χ2n) is 7.88. The third-order valence-corrected chi connectivity index (χ3v) is 8.48. The van der Waals surface area contributed by atoms with E-state index in [9.17, 15) is 8.42 Å². The summed E-state index contributed by atoms with van der Waals surface area (Å²) in [7, 11) is -0.164. The Morgan fingerprint density at radius 2 is 2.00 bits per heavy atom. The predicted octanol–water partition coefficient (Wildman–Crippen LogP) is 1.91. The quantitative estimate of drug-likeness (QED) is 0.742. The highest BCUT2D eigenvalue weighted by Crippen LogP contribution is 2.43. The van der Waals surface area contributed by atoms with Crippen LogP contribution in [0, 0.1) is 0 Å². The molecule has 0 aromatic heterocycles. The summed E-state index contributed by atoms with van der Waals surface area (Å²) in [6, 6.07) is 6.09. The van der Waals surface area contributed by atoms with Gasteiger partial charge in [-0.25, -0.2) is 0 Å². The molecule has 0 aliphatic carbocycles. The lowest BCUT2D eigenvalue weighted by Crippen LogP contribution is -2.53. The summed E-state index contributed by atoms with van der Waals surface area (Å²) in [5.74, 6) is 0.856. The molecule has 8 heteroatoms. The lowest BCUT2D eigenvalue weighted by atomic mass is 9.80. The van der Waals surface area contributed by atoms with Crippen LogP contribution in [0.25, 0.3) is 0 Å². The number of ether oxygens (including phenoxy) is 3. The number of methoxy groups -OCH3 is 2. The van der Waals surface area contributed by atoms with Gasteiger partial charge >= 0.3 is 0 Å². The van der Waals surface area contributed by atoms with Crippen LogP contribution < -0.4 is 4.74 Å². The molecule has 1 unspecified atom stereocenters. The van der Waals surface area contributed by atoms with Gasteiger partial charge in [0.15, 0.2) is 0 Å². The second-order valence-corrected chi connectivity index (χ2v) is 9.77. The van der Waals surface area contributed by atoms with Crippen LogP contribution in [-0.4, -0.2) is 70.1 Å². The van der Waals surface area contributed by atoms with E-state index in [1.165, 1.54) is 11.1 Å². The molecular weight excluding hydrogens is 380 g/mol. The van der Waals surface area contributed by atoms with E-state index in [1.54, 1.807) is 22.8 Å². The molecule has 0 bridgehead atoms. The molecule has 3 aliphatic rings. The predicted molar refractivity (Wildman–Crippen MR) is 106 cm³/mol. The van der Waals surface area contributed by atoms with E-state index in [-0.39, 0.29) is 11.6 Å². The summed E-state index contributed by atoms with van der Waals surface area (Å²) in [5.41, 5.74) is 2.06. The van der Waals surface area contributed by atoms with Crippen LogP contribution in [0.4, 0.5) is 0 Å². The van der Waals surface area contributed by atoms with Crippen LogP contribution in [0.15, 0.2) is 18.2 Å². The number of fused-ring (bicyclic) bond motifs is 2. The molecule has 1 aromatic rings. The lowest BCUT2D eigenvalue weighted by Gasteiger charge is -2.45. The van der Waals surface area contributed by atoms with Gasteiger partial charge in [0.25, 0.3) is 10.2 Å². The maximum absolute atomic E-state index is 13.2. The molecule has 4 rings (SSSR count). The molecule has 7 nitrogen and oxygen atoms in total. The molecular formula is C20H30N2O5S. The SMILES string of the molecule is COCC1CCCN1S(=O)(=O)N1CCC2(CC1)OCCc1cc(OC)ccc12. The summed E-state index contributed by atoms with van der Waals surface area (Å²) in [5, 5.41) is 0. The van der Waals surface area contributed by atoms with Crippen LogP contribution in [0.2, 0.25) is 0 Å². The Balaban J connectivity index is 1.51. The van der Waals surface area contributed by atoms with Crippen LogP contribution in [-0.2, 0) is 31.7 Å². The molecule has 2 fully saturated rings. The molecule has 2 saturated heterocycles. The maximum Gasteiger partial charge on any atom is 0.282 e. The molecule has 1 spiro atoms. The zero-order valence-corrected chi connectivity index (χ0v) is 17.5. The van der Waals surface area contributed by atoms with Crippen molar-refractivity contribution in [1.29, 1.82) is 0 Å². The van der Waals surface area contributed by atoms with Gasteiger partial charge in [-0.15, -0.1) is 0 Å². The highest BCUT2D eigenvalue weighted by atomic mass is 32.2. The largest absolute Gasteiger partial charge is 0.497 e. The lowest BCUT2D eigenvalue weighted by molar-refractivity contribution is -0.0896. The van der Waals surface area contributed by atoms with Crippen molar-refractivity contribution in [2.24, 2.45) is 0 Å². The third kappa shape index (κ3) is 3.45. The minimum Gasteiger partial charge on any atom is -0.497 e. The number of hydrogen-bond donors (Lipinski definition) is 0. The summed E-state index contributed by atoms with van der Waals surface area (Å²) in [4.78, 5) is 0. The molecule has 1 atom stereocenters. The van der Waals surface area contributed by atoms with Crippen molar-refractivity contribution in [1.82, 2.24) is 8.61 Å². The summed E-state index contributed by atoms with van der Waals surface area (Å²) in [6.45, 7) is 2.65. The normalized spacial score (nSPS) is 25.7. The van der Waals surface area contributed by atoms with E-state index in [4.69, 9.17) is 14.2 Å². The van der Waals surface area contributed by atoms with E-state index < -0.39 is 10.2 Å². The van der Waals surface area contributed by atoms with E-state index >= 15 is 0 Å². The summed E-state index contributed by atoms with van der Waals surface area (Å²) < 4.78 is 46.5. The van der Waals surface area contributed by atoms with Gasteiger partial charge in [0.2, 0.25) is 0 Å². The number of hydrogen-bond acceptors (Lipinski definition) is 5. The minimum absolute atomic E-state index is 0.0509. The highest BCUT2D eigenvalue weighted by Gasteiger charge is 2.45. The number of nitrogens with zero attached hydrogens (tertiary/aromatic N) is 2. The molecule has 156 valence electrons. The van der Waals surface area contributed by atoms with Crippen molar-refractivity contribution in [2.45, 2.75) is 43.7 Å². The Kier molecular flexibility index (Phi) is 5.68. The fourth-order valence-corrected chi connectivity index (χ4v) is 6.74. The van der Waals surface area contributed by atoms with Crippen molar-refractivity contribution in [2.75, 3.05) is 47.1 Å². The Labute approximate surface area is 167 Å². The second kappa shape index (κ2) is 7.91. The Morgan fingerprint density at radius 1 is 1.21 bits per heavy atom. The number of piperidine rings is 1. The summed E-state index contributed by atoms with van der Waals surface area (Å²) >= 11 is 0. The molecule has 0 radical (unpaired) electrons. The first-order valence-electron chi connectivity index (χ1n) is 10.1. The van der Waals surface area contributed by atoms with Crippen LogP contribution >= 0.6 is 0 Å². The van der Waals surface area contributed by atoms with Gasteiger partial charge in [-0.05, 0) is 55.4 Å². The smallest absolute Gasteiger partial charge is 0.282 e. The summed E-state index contributed by atoms with van der Waals surface area (Å²) in [6.07, 6.45) is 3.97. The molecule has 0 N–H and O–H groups in total. The van der Waals surface area contributed by atoms with E-state index in [0.29, 0.717) is 45.7 Å². The fraction of sp³-hybridized carbons (Fsp3) is 0.700. The minimum atomic E-state index is -3.47. The van der Waals surface area contributed by atoms with Gasteiger partial charge in [0, 0.05) is 32.8 Å². The Bertz CT molecular complexity index is 805. The molecule has 0 saturated carbocycles. The molecule has 3 heterocycles. The fourth-order valence-electron chi connectivity index (χ4n) is 4.89. The zero-order chi connectivity index (χ0) is 19.8. The van der Waals surface area contributed by atoms with Gasteiger partial charge in [-0.3, -0.25) is 0 Å². The van der Waals surface area contributed by atoms with Gasteiger partial charge in [-0.2, -0.15) is 17.0 Å². The van der Waals surface area contributed by atoms with Crippen molar-refractivity contribution >= 4 is 10.2 Å². The molecule has 1 aromatic carbocycles. The van der Waals surface area contributed by atoms with Crippen molar-refractivity contribution in [3.8, 4) is 5.75 Å². The van der Waals surface area contributed by atoms with Gasteiger partial charge in [-0.1, -0.05) is 6.07 Å². The van der Waals surface area contributed by atoms with E-state index in [1.807, 2.05) is 6.07 Å². The van der Waals surface area contributed by atoms with Crippen LogP contribution in [0.5, 0.6) is 5.75 Å². The van der Waals surface area contributed by atoms with Gasteiger partial charge in [0.1, 0.15) is 5.75 Å². The zero-order valence-electron chi connectivity index (χ0n) is 16.7. The molecule has 0 amide bonds. The van der Waals surface area contributed by atoms with Gasteiger partial charge in [0.05, 0.1) is 25.9 Å². The average molecular weight is 411 g/mol. The third-order valence-electron chi connectivity index (χ3n) is 6.39. The van der Waals surface area contributed by atoms with Crippen LogP contribution in [0.1, 0.15) is 36.8 Å². The standard InChI is InChI=1S/C20H30N2O5S/c1-25-15-17-4-3-10-22(17)28(23,24)21-11-8-20(9-12-21)19-6-5-18(26-2)14-16(19)7-13-27-20/h5-6,14,17H,3-4,7-13,15H2,1-2H3. The number of rotatable bonds is 5. The first-order chi connectivity index (χ1) is 13.5. The Morgan fingerprint density at radius 3 is 2.71 bits per heavy atom. The first-order valence-corrected chi connectivity index (χ1v) is 11.5. The topological polar surface area (TPSA) is 68.3 Å².